The molecule has 0 radical (unpaired) electrons. The number of likely N-dealkylation sites (tertiary alicyclic amines) is 1. The molecule has 0 aromatic rings. The number of carbonyl (C=O) groups excluding carboxylic acids is 3. The molecule has 6 fully saturated rings. The van der Waals surface area contributed by atoms with E-state index in [-0.39, 0.29) is 61.7 Å². The minimum Gasteiger partial charge on any atom is -0.389 e. The molecular weight excluding hydrogens is 705 g/mol. The molecule has 52 heavy (non-hydrogen) atoms. The molecule has 18 heteroatoms. The number of piperidine rings is 2. The molecule has 7 N–H and O–H groups in total. The van der Waals surface area contributed by atoms with Crippen LogP contribution < -0.4 is 31.9 Å². The standard InChI is InChI=1S/C34H58ClF3N10O4/c1-4-24-29(46-10-12-47(13-11-46)33(52)28-30(50)19(2)41-18-42-28)31(51)27-32(40-16-25(44-27)45(3)21-6-5-9-39-15-21)48(24)17-26(49)43-23-8-7-20(14-22(23)35)34(36,37)38/h19-25,27-30,32,39-42,44,50H,4-18H2,1-3H3,(H,43,49). The van der Waals surface area contributed by atoms with E-state index in [4.69, 9.17) is 11.6 Å². The van der Waals surface area contributed by atoms with E-state index in [0.717, 1.165) is 25.9 Å². The van der Waals surface area contributed by atoms with E-state index >= 15 is 0 Å². The Bertz CT molecular complexity index is 1260. The average molecular weight is 763 g/mol. The van der Waals surface area contributed by atoms with E-state index in [1.165, 1.54) is 0 Å². The van der Waals surface area contributed by atoms with Gasteiger partial charge in [-0.05, 0) is 59.0 Å². The predicted molar refractivity (Wildman–Crippen MR) is 189 cm³/mol. The quantitative estimate of drug-likeness (QED) is 0.148. The second kappa shape index (κ2) is 17.0. The summed E-state index contributed by atoms with van der Waals surface area (Å²) >= 11 is 6.43. The van der Waals surface area contributed by atoms with Crippen molar-refractivity contribution in [3.63, 3.8) is 0 Å². The summed E-state index contributed by atoms with van der Waals surface area (Å²) < 4.78 is 40.2. The molecule has 296 valence electrons. The Balaban J connectivity index is 1.17. The maximum Gasteiger partial charge on any atom is 0.391 e. The van der Waals surface area contributed by atoms with Gasteiger partial charge in [0.2, 0.25) is 11.8 Å². The van der Waals surface area contributed by atoms with Crippen molar-refractivity contribution in [3.8, 4) is 0 Å². The van der Waals surface area contributed by atoms with E-state index in [2.05, 4.69) is 53.6 Å². The van der Waals surface area contributed by atoms with E-state index in [9.17, 15) is 32.7 Å². The summed E-state index contributed by atoms with van der Waals surface area (Å²) in [5, 5.41) is 29.7. The van der Waals surface area contributed by atoms with Gasteiger partial charge in [0, 0.05) is 70.1 Å². The second-order valence-electron chi connectivity index (χ2n) is 15.6. The SMILES string of the molecule is CCC1C(N2CCN(C(=O)C3NCNC(C)C3O)CC2)C(=O)C2NC(N(C)C3CCCNC3)CNC2N1CC(=O)NC1CCC(C(F)(F)F)CC1Cl. The molecule has 1 saturated carbocycles. The van der Waals surface area contributed by atoms with Crippen molar-refractivity contribution >= 4 is 29.2 Å². The molecule has 5 aliphatic heterocycles. The first-order chi connectivity index (χ1) is 24.8. The number of alkyl halides is 4. The number of ketones is 1. The highest BCUT2D eigenvalue weighted by molar-refractivity contribution is 6.21. The molecule has 0 aromatic heterocycles. The van der Waals surface area contributed by atoms with Gasteiger partial charge in [0.05, 0.1) is 48.4 Å². The number of hydrogen-bond donors (Lipinski definition) is 7. The summed E-state index contributed by atoms with van der Waals surface area (Å²) in [6, 6.07) is -2.73. The molecule has 12 atom stereocenters. The van der Waals surface area contributed by atoms with Crippen LogP contribution in [0.15, 0.2) is 0 Å². The lowest BCUT2D eigenvalue weighted by Gasteiger charge is -2.56. The third-order valence-electron chi connectivity index (χ3n) is 12.5. The number of fused-ring (bicyclic) bond motifs is 1. The van der Waals surface area contributed by atoms with E-state index in [0.29, 0.717) is 51.9 Å². The number of Topliss-reactive ketones (excluding diaryl/α,β-unsaturated/α-hetero) is 1. The zero-order valence-electron chi connectivity index (χ0n) is 30.5. The number of aliphatic hydroxyl groups is 1. The van der Waals surface area contributed by atoms with Crippen LogP contribution in [-0.4, -0.2) is 181 Å². The minimum atomic E-state index is -4.32. The van der Waals surface area contributed by atoms with Crippen molar-refractivity contribution in [1.82, 2.24) is 51.5 Å². The Morgan fingerprint density at radius 1 is 1.08 bits per heavy atom. The molecule has 2 amide bonds. The molecule has 0 spiro atoms. The van der Waals surface area contributed by atoms with Gasteiger partial charge < -0.3 is 20.6 Å². The van der Waals surface area contributed by atoms with Gasteiger partial charge >= 0.3 is 6.18 Å². The van der Waals surface area contributed by atoms with E-state index in [1.54, 1.807) is 4.90 Å². The Hall–Kier alpha value is -1.67. The molecule has 1 aliphatic carbocycles. The van der Waals surface area contributed by atoms with Crippen LogP contribution in [0.25, 0.3) is 0 Å². The maximum atomic E-state index is 14.7. The number of piperazine rings is 2. The Labute approximate surface area is 309 Å². The smallest absolute Gasteiger partial charge is 0.389 e. The van der Waals surface area contributed by atoms with Crippen LogP contribution in [-0.2, 0) is 14.4 Å². The summed E-state index contributed by atoms with van der Waals surface area (Å²) in [7, 11) is 2.07. The van der Waals surface area contributed by atoms with Crippen LogP contribution in [0.4, 0.5) is 13.2 Å². The number of nitrogens with one attached hydrogen (secondary N) is 6. The molecule has 0 aromatic carbocycles. The summed E-state index contributed by atoms with van der Waals surface area (Å²) in [5.74, 6) is -1.94. The van der Waals surface area contributed by atoms with Crippen LogP contribution >= 0.6 is 11.6 Å². The van der Waals surface area contributed by atoms with Crippen molar-refractivity contribution in [2.45, 2.75) is 125 Å². The number of nitrogens with zero attached hydrogens (tertiary/aromatic N) is 4. The number of amides is 2. The van der Waals surface area contributed by atoms with Crippen molar-refractivity contribution in [2.75, 3.05) is 66.1 Å². The van der Waals surface area contributed by atoms with Crippen molar-refractivity contribution in [3.05, 3.63) is 0 Å². The lowest BCUT2D eigenvalue weighted by atomic mass is 9.84. The predicted octanol–water partition coefficient (Wildman–Crippen LogP) is -1.22. The topological polar surface area (TPSA) is 157 Å². The zero-order chi connectivity index (χ0) is 37.3. The van der Waals surface area contributed by atoms with Crippen LogP contribution in [0.5, 0.6) is 0 Å². The van der Waals surface area contributed by atoms with E-state index in [1.807, 2.05) is 13.8 Å². The first kappa shape index (κ1) is 40.0. The first-order valence-electron chi connectivity index (χ1n) is 19.2. The minimum absolute atomic E-state index is 0.0382. The van der Waals surface area contributed by atoms with Gasteiger partial charge in [-0.15, -0.1) is 11.6 Å². The summed E-state index contributed by atoms with van der Waals surface area (Å²) in [6.45, 7) is 8.31. The first-order valence-corrected chi connectivity index (χ1v) is 19.6. The number of likely N-dealkylation sites (N-methyl/N-ethyl adjacent to an activating group) is 1. The van der Waals surface area contributed by atoms with Crippen molar-refractivity contribution in [2.24, 2.45) is 5.92 Å². The molecule has 6 rings (SSSR count). The highest BCUT2D eigenvalue weighted by Gasteiger charge is 2.54. The van der Waals surface area contributed by atoms with Crippen molar-refractivity contribution < 1.29 is 32.7 Å². The molecule has 5 heterocycles. The lowest BCUT2D eigenvalue weighted by molar-refractivity contribution is -0.182. The number of hydrogen-bond acceptors (Lipinski definition) is 12. The zero-order valence-corrected chi connectivity index (χ0v) is 31.3. The fourth-order valence-corrected chi connectivity index (χ4v) is 9.72. The van der Waals surface area contributed by atoms with Crippen molar-refractivity contribution in [1.29, 1.82) is 0 Å². The average Bonchev–Trinajstić information content (AvgIpc) is 3.13. The maximum absolute atomic E-state index is 14.7. The number of carbonyl (C=O) groups is 3. The van der Waals surface area contributed by atoms with Gasteiger partial charge in [-0.25, -0.2) is 0 Å². The summed E-state index contributed by atoms with van der Waals surface area (Å²) in [6.07, 6.45) is -3.26. The Morgan fingerprint density at radius 3 is 2.48 bits per heavy atom. The molecule has 14 nitrogen and oxygen atoms in total. The van der Waals surface area contributed by atoms with Crippen LogP contribution in [0.3, 0.4) is 0 Å². The Kier molecular flexibility index (Phi) is 13.1. The summed E-state index contributed by atoms with van der Waals surface area (Å²) in [4.78, 5) is 50.1. The number of aliphatic hydroxyl groups excluding tert-OH is 1. The third kappa shape index (κ3) is 8.58. The lowest BCUT2D eigenvalue weighted by Crippen LogP contribution is -2.81. The third-order valence-corrected chi connectivity index (χ3v) is 13.0. The van der Waals surface area contributed by atoms with E-state index < -0.39 is 53.9 Å². The fourth-order valence-electron chi connectivity index (χ4n) is 9.31. The summed E-state index contributed by atoms with van der Waals surface area (Å²) in [5.41, 5.74) is 0. The molecule has 6 aliphatic rings. The fraction of sp³-hybridized carbons (Fsp3) is 0.912. The largest absolute Gasteiger partial charge is 0.391 e. The van der Waals surface area contributed by atoms with Gasteiger partial charge in [0.25, 0.3) is 0 Å². The van der Waals surface area contributed by atoms with Gasteiger partial charge in [-0.1, -0.05) is 6.92 Å². The van der Waals surface area contributed by atoms with Gasteiger partial charge in [0.1, 0.15) is 6.04 Å². The number of rotatable bonds is 8. The van der Waals surface area contributed by atoms with Gasteiger partial charge in [0.15, 0.2) is 5.78 Å². The highest BCUT2D eigenvalue weighted by Crippen LogP contribution is 2.39. The number of halogens is 4. The monoisotopic (exact) mass is 762 g/mol. The van der Waals surface area contributed by atoms with Crippen LogP contribution in [0.2, 0.25) is 0 Å². The van der Waals surface area contributed by atoms with Crippen LogP contribution in [0.1, 0.15) is 52.4 Å². The highest BCUT2D eigenvalue weighted by atomic mass is 35.5. The van der Waals surface area contributed by atoms with Crippen LogP contribution in [0, 0.1) is 5.92 Å². The molecule has 0 bridgehead atoms. The Morgan fingerprint density at radius 2 is 1.83 bits per heavy atom. The van der Waals surface area contributed by atoms with Gasteiger partial charge in [-0.2, -0.15) is 13.2 Å². The normalized spacial score (nSPS) is 40.0. The molecular formula is C34H58ClF3N10O4. The molecule has 12 unspecified atom stereocenters. The second-order valence-corrected chi connectivity index (χ2v) is 16.2. The van der Waals surface area contributed by atoms with Gasteiger partial charge in [-0.3, -0.25) is 50.4 Å². The molecule has 5 saturated heterocycles.